The summed E-state index contributed by atoms with van der Waals surface area (Å²) in [4.78, 5) is 25.6. The van der Waals surface area contributed by atoms with Gasteiger partial charge in [0.2, 0.25) is 16.4 Å². The molecular weight excluding hydrogens is 391 g/mol. The number of hydrogen-bond donors (Lipinski definition) is 1. The largest absolute Gasteiger partial charge is 0.342 e. The molecule has 3 aliphatic rings. The van der Waals surface area contributed by atoms with Crippen molar-refractivity contribution in [3.63, 3.8) is 0 Å². The van der Waals surface area contributed by atoms with Gasteiger partial charge in [-0.15, -0.1) is 0 Å². The predicted octanol–water partition coefficient (Wildman–Crippen LogP) is 3.87. The van der Waals surface area contributed by atoms with Gasteiger partial charge in [-0.3, -0.25) is 0 Å². The summed E-state index contributed by atoms with van der Waals surface area (Å²) in [7, 11) is 0. The van der Waals surface area contributed by atoms with Crippen LogP contribution in [0.15, 0.2) is 29.3 Å². The summed E-state index contributed by atoms with van der Waals surface area (Å²) in [6.45, 7) is 0. The number of nitrogens with one attached hydrogen (secondary N) is 1. The highest BCUT2D eigenvalue weighted by molar-refractivity contribution is 9.10. The average molecular weight is 409 g/mol. The van der Waals surface area contributed by atoms with Crippen molar-refractivity contribution in [2.24, 2.45) is 17.8 Å². The number of nitrogens with zero attached hydrogens (tertiary/aromatic N) is 3. The molecule has 0 amide bonds. The molecule has 2 aromatic rings. The van der Waals surface area contributed by atoms with Crippen molar-refractivity contribution in [3.8, 4) is 5.82 Å². The van der Waals surface area contributed by atoms with Crippen LogP contribution in [0.5, 0.6) is 0 Å². The molecule has 3 aliphatic carbocycles. The molecule has 1 unspecified atom stereocenters. The van der Waals surface area contributed by atoms with Crippen LogP contribution in [0, 0.1) is 23.6 Å². The Morgan fingerprint density at radius 3 is 2.60 bits per heavy atom. The lowest BCUT2D eigenvalue weighted by molar-refractivity contribution is -0.151. The molecule has 6 nitrogen and oxygen atoms in total. The summed E-state index contributed by atoms with van der Waals surface area (Å²) < 4.78 is 16.4. The summed E-state index contributed by atoms with van der Waals surface area (Å²) in [5, 5.41) is 0. The Labute approximate surface area is 152 Å². The van der Waals surface area contributed by atoms with Gasteiger partial charge in [-0.05, 0) is 59.2 Å². The molecule has 1 N–H and O–H groups in total. The van der Waals surface area contributed by atoms with E-state index in [0.717, 1.165) is 19.3 Å². The maximum absolute atomic E-state index is 14.6. The van der Waals surface area contributed by atoms with Crippen molar-refractivity contribution < 1.29 is 14.0 Å². The molecule has 2 bridgehead atoms. The van der Waals surface area contributed by atoms with E-state index in [1.165, 1.54) is 17.4 Å². The lowest BCUT2D eigenvalue weighted by Gasteiger charge is -2.40. The summed E-state index contributed by atoms with van der Waals surface area (Å²) in [6, 6.07) is 3.53. The van der Waals surface area contributed by atoms with Crippen LogP contribution < -0.4 is 5.48 Å². The van der Waals surface area contributed by atoms with Gasteiger partial charge in [0.1, 0.15) is 0 Å². The molecule has 2 aromatic heterocycles. The van der Waals surface area contributed by atoms with Crippen molar-refractivity contribution >= 4 is 27.7 Å². The maximum atomic E-state index is 14.6. The SMILES string of the molecule is O=C(ONc1nc(Br)nc(-n2cccc2)c1F)C1CC2CCC1CC2. The third-order valence-corrected chi connectivity index (χ3v) is 5.61. The standard InChI is InChI=1S/C17H18BrFN4O2/c18-17-20-14(13(19)15(21-17)23-7-1-2-8-23)22-25-16(24)12-9-10-3-5-11(12)6-4-10/h1-2,7-8,10-12H,3-6,9H2,(H,20,21,22). The van der Waals surface area contributed by atoms with Gasteiger partial charge in [0, 0.05) is 12.4 Å². The highest BCUT2D eigenvalue weighted by Crippen LogP contribution is 2.45. The number of carbonyl (C=O) groups excluding carboxylic acids is 1. The van der Waals surface area contributed by atoms with Crippen molar-refractivity contribution in [3.05, 3.63) is 35.1 Å². The van der Waals surface area contributed by atoms with E-state index in [9.17, 15) is 9.18 Å². The molecule has 1 atom stereocenters. The summed E-state index contributed by atoms with van der Waals surface area (Å²) in [5.74, 6) is -0.202. The zero-order valence-corrected chi connectivity index (χ0v) is 15.1. The zero-order valence-electron chi connectivity index (χ0n) is 13.5. The summed E-state index contributed by atoms with van der Waals surface area (Å²) >= 11 is 3.16. The Bertz CT molecular complexity index is 775. The van der Waals surface area contributed by atoms with E-state index in [-0.39, 0.29) is 28.3 Å². The van der Waals surface area contributed by atoms with E-state index in [1.807, 2.05) is 0 Å². The molecule has 132 valence electrons. The van der Waals surface area contributed by atoms with Gasteiger partial charge in [-0.25, -0.2) is 9.78 Å². The monoisotopic (exact) mass is 408 g/mol. The molecule has 3 fully saturated rings. The van der Waals surface area contributed by atoms with E-state index in [2.05, 4.69) is 31.4 Å². The van der Waals surface area contributed by atoms with Gasteiger partial charge in [-0.1, -0.05) is 12.8 Å². The lowest BCUT2D eigenvalue weighted by atomic mass is 9.65. The average Bonchev–Trinajstić information content (AvgIpc) is 3.17. The van der Waals surface area contributed by atoms with Crippen molar-refractivity contribution in [1.82, 2.24) is 14.5 Å². The molecule has 0 aliphatic heterocycles. The van der Waals surface area contributed by atoms with Crippen LogP contribution in [0.1, 0.15) is 32.1 Å². The number of carbonyl (C=O) groups is 1. The molecule has 0 aromatic carbocycles. The van der Waals surface area contributed by atoms with Crippen LogP contribution >= 0.6 is 15.9 Å². The minimum atomic E-state index is -0.683. The second-order valence-electron chi connectivity index (χ2n) is 6.72. The first-order valence-corrected chi connectivity index (χ1v) is 9.24. The second kappa shape index (κ2) is 6.74. The molecule has 8 heteroatoms. The van der Waals surface area contributed by atoms with Gasteiger partial charge >= 0.3 is 5.97 Å². The third-order valence-electron chi connectivity index (χ3n) is 5.25. The molecule has 2 heterocycles. The van der Waals surface area contributed by atoms with Gasteiger partial charge in [0.25, 0.3) is 0 Å². The topological polar surface area (TPSA) is 69.0 Å². The summed E-state index contributed by atoms with van der Waals surface area (Å²) in [5.41, 5.74) is 2.39. The first-order valence-electron chi connectivity index (χ1n) is 8.45. The fraction of sp³-hybridized carbons (Fsp3) is 0.471. The van der Waals surface area contributed by atoms with E-state index in [1.54, 1.807) is 24.5 Å². The van der Waals surface area contributed by atoms with E-state index < -0.39 is 5.82 Å². The zero-order chi connectivity index (χ0) is 17.4. The Morgan fingerprint density at radius 1 is 1.24 bits per heavy atom. The molecule has 5 rings (SSSR count). The van der Waals surface area contributed by atoms with E-state index in [0.29, 0.717) is 11.8 Å². The minimum absolute atomic E-state index is 0.0714. The van der Waals surface area contributed by atoms with E-state index in [4.69, 9.17) is 4.84 Å². The van der Waals surface area contributed by atoms with Crippen LogP contribution in [0.2, 0.25) is 0 Å². The van der Waals surface area contributed by atoms with Gasteiger partial charge in [0.15, 0.2) is 5.82 Å². The van der Waals surface area contributed by atoms with Gasteiger partial charge < -0.3 is 9.40 Å². The Kier molecular flexibility index (Phi) is 4.45. The van der Waals surface area contributed by atoms with Crippen LogP contribution in [0.25, 0.3) is 5.82 Å². The minimum Gasteiger partial charge on any atom is -0.342 e. The number of anilines is 1. The predicted molar refractivity (Wildman–Crippen MR) is 92.3 cm³/mol. The quantitative estimate of drug-likeness (QED) is 0.614. The fourth-order valence-corrected chi connectivity index (χ4v) is 4.31. The number of fused-ring (bicyclic) bond motifs is 3. The highest BCUT2D eigenvalue weighted by atomic mass is 79.9. The smallest absolute Gasteiger partial charge is 0.335 e. The van der Waals surface area contributed by atoms with Crippen molar-refractivity contribution in [1.29, 1.82) is 0 Å². The normalized spacial score (nSPS) is 25.0. The maximum Gasteiger partial charge on any atom is 0.335 e. The molecular formula is C17H18BrFN4O2. The van der Waals surface area contributed by atoms with Crippen LogP contribution in [0.4, 0.5) is 10.2 Å². The molecule has 0 saturated heterocycles. The van der Waals surface area contributed by atoms with Crippen LogP contribution in [-0.2, 0) is 9.63 Å². The molecule has 0 spiro atoms. The van der Waals surface area contributed by atoms with Crippen LogP contribution in [0.3, 0.4) is 0 Å². The lowest BCUT2D eigenvalue weighted by Crippen LogP contribution is -2.37. The number of aromatic nitrogens is 3. The molecule has 0 radical (unpaired) electrons. The Morgan fingerprint density at radius 2 is 1.96 bits per heavy atom. The highest BCUT2D eigenvalue weighted by Gasteiger charge is 2.40. The fourth-order valence-electron chi connectivity index (χ4n) is 3.96. The van der Waals surface area contributed by atoms with Gasteiger partial charge in [-0.2, -0.15) is 14.9 Å². The van der Waals surface area contributed by atoms with Crippen molar-refractivity contribution in [2.45, 2.75) is 32.1 Å². The Hall–Kier alpha value is -1.96. The molecule has 3 saturated carbocycles. The van der Waals surface area contributed by atoms with E-state index >= 15 is 0 Å². The van der Waals surface area contributed by atoms with Crippen LogP contribution in [-0.4, -0.2) is 20.5 Å². The first-order chi connectivity index (χ1) is 12.1. The first kappa shape index (κ1) is 16.5. The number of halogens is 2. The number of rotatable bonds is 4. The van der Waals surface area contributed by atoms with Crippen molar-refractivity contribution in [2.75, 3.05) is 5.48 Å². The number of hydrogen-bond acceptors (Lipinski definition) is 5. The van der Waals surface area contributed by atoms with Gasteiger partial charge in [0.05, 0.1) is 5.92 Å². The summed E-state index contributed by atoms with van der Waals surface area (Å²) in [6.07, 6.45) is 8.78. The Balaban J connectivity index is 1.48. The molecule has 25 heavy (non-hydrogen) atoms. The second-order valence-corrected chi connectivity index (χ2v) is 7.42. The third kappa shape index (κ3) is 3.27.